The monoisotopic (exact) mass is 316 g/mol. The van der Waals surface area contributed by atoms with Crippen LogP contribution < -0.4 is 10.6 Å². The van der Waals surface area contributed by atoms with Gasteiger partial charge in [-0.05, 0) is 36.2 Å². The number of carbonyl (C=O) groups is 2. The zero-order valence-electron chi connectivity index (χ0n) is 12.0. The third kappa shape index (κ3) is 5.22. The van der Waals surface area contributed by atoms with Crippen molar-refractivity contribution in [1.82, 2.24) is 10.6 Å². The summed E-state index contributed by atoms with van der Waals surface area (Å²) in [7, 11) is 0. The molecule has 2 aromatic carbocycles. The Morgan fingerprint density at radius 3 is 2.27 bits per heavy atom. The molecule has 0 aliphatic carbocycles. The van der Waals surface area contributed by atoms with Crippen molar-refractivity contribution in [2.24, 2.45) is 0 Å². The van der Waals surface area contributed by atoms with Crippen LogP contribution in [0, 0.1) is 0 Å². The van der Waals surface area contributed by atoms with Crippen molar-refractivity contribution in [1.29, 1.82) is 0 Å². The fraction of sp³-hybridized carbons (Fsp3) is 0.176. The maximum absolute atomic E-state index is 11.8. The van der Waals surface area contributed by atoms with E-state index in [1.54, 1.807) is 24.3 Å². The number of amides is 2. The van der Waals surface area contributed by atoms with E-state index in [1.807, 2.05) is 30.3 Å². The molecular formula is C17H17ClN2O2. The summed E-state index contributed by atoms with van der Waals surface area (Å²) >= 11 is 5.81. The first-order chi connectivity index (χ1) is 10.6. The van der Waals surface area contributed by atoms with E-state index in [9.17, 15) is 9.59 Å². The van der Waals surface area contributed by atoms with Gasteiger partial charge in [0.25, 0.3) is 5.91 Å². The van der Waals surface area contributed by atoms with Crippen molar-refractivity contribution < 1.29 is 9.59 Å². The maximum Gasteiger partial charge on any atom is 0.251 e. The van der Waals surface area contributed by atoms with Gasteiger partial charge in [0.2, 0.25) is 5.91 Å². The van der Waals surface area contributed by atoms with Crippen LogP contribution in [-0.4, -0.2) is 24.9 Å². The van der Waals surface area contributed by atoms with Crippen LogP contribution in [0.2, 0.25) is 5.02 Å². The number of rotatable bonds is 6. The molecule has 22 heavy (non-hydrogen) atoms. The first-order valence-electron chi connectivity index (χ1n) is 6.99. The molecule has 5 heteroatoms. The van der Waals surface area contributed by atoms with E-state index in [1.165, 1.54) is 0 Å². The highest BCUT2D eigenvalue weighted by atomic mass is 35.5. The van der Waals surface area contributed by atoms with Gasteiger partial charge in [-0.1, -0.05) is 41.9 Å². The smallest absolute Gasteiger partial charge is 0.251 e. The zero-order chi connectivity index (χ0) is 15.8. The molecule has 4 nitrogen and oxygen atoms in total. The number of hydrogen-bond donors (Lipinski definition) is 2. The summed E-state index contributed by atoms with van der Waals surface area (Å²) in [5.41, 5.74) is 1.63. The van der Waals surface area contributed by atoms with E-state index in [2.05, 4.69) is 10.6 Å². The second kappa shape index (κ2) is 8.20. The quantitative estimate of drug-likeness (QED) is 0.860. The molecule has 2 N–H and O–H groups in total. The summed E-state index contributed by atoms with van der Waals surface area (Å²) < 4.78 is 0. The van der Waals surface area contributed by atoms with E-state index in [0.29, 0.717) is 17.1 Å². The van der Waals surface area contributed by atoms with Crippen LogP contribution >= 0.6 is 11.6 Å². The Morgan fingerprint density at radius 1 is 0.909 bits per heavy atom. The molecule has 0 radical (unpaired) electrons. The van der Waals surface area contributed by atoms with Crippen molar-refractivity contribution in [3.8, 4) is 0 Å². The van der Waals surface area contributed by atoms with Crippen molar-refractivity contribution in [3.63, 3.8) is 0 Å². The number of benzene rings is 2. The first kappa shape index (κ1) is 16.0. The lowest BCUT2D eigenvalue weighted by atomic mass is 10.1. The highest BCUT2D eigenvalue weighted by molar-refractivity contribution is 6.30. The molecule has 114 valence electrons. The average molecular weight is 317 g/mol. The minimum Gasteiger partial charge on any atom is -0.354 e. The zero-order valence-corrected chi connectivity index (χ0v) is 12.8. The molecule has 0 spiro atoms. The van der Waals surface area contributed by atoms with Crippen molar-refractivity contribution in [3.05, 3.63) is 70.7 Å². The van der Waals surface area contributed by atoms with Gasteiger partial charge in [-0.25, -0.2) is 0 Å². The number of nitrogens with one attached hydrogen (secondary N) is 2. The fourth-order valence-electron chi connectivity index (χ4n) is 1.91. The van der Waals surface area contributed by atoms with Crippen LogP contribution in [0.4, 0.5) is 0 Å². The topological polar surface area (TPSA) is 58.2 Å². The van der Waals surface area contributed by atoms with Crippen LogP contribution in [0.15, 0.2) is 54.6 Å². The molecule has 0 atom stereocenters. The minimum absolute atomic E-state index is 0.0334. The summed E-state index contributed by atoms with van der Waals surface area (Å²) in [6, 6.07) is 16.3. The normalized spacial score (nSPS) is 10.0. The van der Waals surface area contributed by atoms with Crippen LogP contribution in [0.3, 0.4) is 0 Å². The minimum atomic E-state index is -0.256. The Morgan fingerprint density at radius 2 is 1.59 bits per heavy atom. The van der Waals surface area contributed by atoms with Crippen molar-refractivity contribution >= 4 is 23.4 Å². The van der Waals surface area contributed by atoms with Gasteiger partial charge >= 0.3 is 0 Å². The third-order valence-electron chi connectivity index (χ3n) is 3.09. The summed E-state index contributed by atoms with van der Waals surface area (Å²) in [4.78, 5) is 23.4. The summed E-state index contributed by atoms with van der Waals surface area (Å²) in [6.45, 7) is 0.482. The molecule has 0 saturated carbocycles. The molecule has 0 aliphatic heterocycles. The first-order valence-corrected chi connectivity index (χ1v) is 7.37. The molecule has 0 aliphatic rings. The van der Waals surface area contributed by atoms with Gasteiger partial charge in [-0.2, -0.15) is 0 Å². The second-order valence-corrected chi connectivity index (χ2v) is 5.21. The van der Waals surface area contributed by atoms with E-state index in [0.717, 1.165) is 12.0 Å². The predicted octanol–water partition coefficient (Wildman–Crippen LogP) is 2.43. The fourth-order valence-corrected chi connectivity index (χ4v) is 2.04. The molecule has 2 aromatic rings. The molecule has 0 heterocycles. The van der Waals surface area contributed by atoms with Gasteiger partial charge in [0.15, 0.2) is 0 Å². The molecular weight excluding hydrogens is 300 g/mol. The van der Waals surface area contributed by atoms with Gasteiger partial charge in [0.1, 0.15) is 0 Å². The second-order valence-electron chi connectivity index (χ2n) is 4.78. The average Bonchev–Trinajstić information content (AvgIpc) is 2.55. The molecule has 2 rings (SSSR count). The highest BCUT2D eigenvalue weighted by Gasteiger charge is 2.06. The Bertz CT molecular complexity index is 627. The van der Waals surface area contributed by atoms with Crippen molar-refractivity contribution in [2.45, 2.75) is 6.42 Å². The number of carbonyl (C=O) groups excluding carboxylic acids is 2. The molecule has 2 amide bonds. The van der Waals surface area contributed by atoms with Gasteiger partial charge in [-0.15, -0.1) is 0 Å². The lowest BCUT2D eigenvalue weighted by Crippen LogP contribution is -2.37. The largest absolute Gasteiger partial charge is 0.354 e. The Labute approximate surface area is 134 Å². The maximum atomic E-state index is 11.8. The van der Waals surface area contributed by atoms with E-state index in [4.69, 9.17) is 11.6 Å². The van der Waals surface area contributed by atoms with Crippen LogP contribution in [0.25, 0.3) is 0 Å². The van der Waals surface area contributed by atoms with Gasteiger partial charge < -0.3 is 10.6 Å². The highest BCUT2D eigenvalue weighted by Crippen LogP contribution is 2.09. The Hall–Kier alpha value is -2.33. The Balaban J connectivity index is 1.68. The van der Waals surface area contributed by atoms with E-state index in [-0.39, 0.29) is 18.4 Å². The summed E-state index contributed by atoms with van der Waals surface area (Å²) in [6.07, 6.45) is 0.718. The number of halogens is 1. The lowest BCUT2D eigenvalue weighted by Gasteiger charge is -2.07. The summed E-state index contributed by atoms with van der Waals surface area (Å²) in [5, 5.41) is 6.04. The third-order valence-corrected chi connectivity index (χ3v) is 3.35. The standard InChI is InChI=1S/C17H17ClN2O2/c18-15-8-6-13(7-9-15)10-11-19-16(21)12-20-17(22)14-4-2-1-3-5-14/h1-9H,10-12H2,(H,19,21)(H,20,22). The Kier molecular flexibility index (Phi) is 5.98. The SMILES string of the molecule is O=C(CNC(=O)c1ccccc1)NCCc1ccc(Cl)cc1. The van der Waals surface area contributed by atoms with E-state index >= 15 is 0 Å². The van der Waals surface area contributed by atoms with Crippen molar-refractivity contribution in [2.75, 3.05) is 13.1 Å². The molecule has 0 saturated heterocycles. The molecule has 0 aromatic heterocycles. The van der Waals surface area contributed by atoms with Gasteiger partial charge in [0, 0.05) is 17.1 Å². The van der Waals surface area contributed by atoms with Crippen LogP contribution in [-0.2, 0) is 11.2 Å². The van der Waals surface area contributed by atoms with Gasteiger partial charge in [0.05, 0.1) is 6.54 Å². The van der Waals surface area contributed by atoms with Crippen LogP contribution in [0.5, 0.6) is 0 Å². The van der Waals surface area contributed by atoms with Gasteiger partial charge in [-0.3, -0.25) is 9.59 Å². The molecule has 0 bridgehead atoms. The lowest BCUT2D eigenvalue weighted by molar-refractivity contribution is -0.120. The molecule has 0 fully saturated rings. The summed E-state index contributed by atoms with van der Waals surface area (Å²) in [5.74, 6) is -0.466. The van der Waals surface area contributed by atoms with E-state index < -0.39 is 0 Å². The molecule has 0 unspecified atom stereocenters. The van der Waals surface area contributed by atoms with Crippen LogP contribution in [0.1, 0.15) is 15.9 Å². The number of hydrogen-bond acceptors (Lipinski definition) is 2. The predicted molar refractivity (Wildman–Crippen MR) is 86.9 cm³/mol.